The third-order valence-corrected chi connectivity index (χ3v) is 3.08. The van der Waals surface area contributed by atoms with Gasteiger partial charge in [0.25, 0.3) is 0 Å². The maximum atomic E-state index is 10.8. The van der Waals surface area contributed by atoms with Crippen molar-refractivity contribution in [1.82, 2.24) is 5.32 Å². The van der Waals surface area contributed by atoms with Crippen LogP contribution < -0.4 is 5.32 Å². The lowest BCUT2D eigenvalue weighted by Crippen LogP contribution is -2.18. The number of nitrogens with one attached hydrogen (secondary N) is 1. The van der Waals surface area contributed by atoms with Crippen molar-refractivity contribution < 1.29 is 14.3 Å². The summed E-state index contributed by atoms with van der Waals surface area (Å²) in [6.07, 6.45) is 5.12. The van der Waals surface area contributed by atoms with Gasteiger partial charge in [-0.2, -0.15) is 0 Å². The van der Waals surface area contributed by atoms with Crippen LogP contribution in [-0.2, 0) is 6.54 Å². The third kappa shape index (κ3) is 2.44. The topological polar surface area (TPSA) is 62.5 Å². The van der Waals surface area contributed by atoms with Gasteiger partial charge in [0, 0.05) is 18.2 Å². The van der Waals surface area contributed by atoms with Crippen LogP contribution in [0, 0.1) is 5.92 Å². The molecule has 4 heteroatoms. The fraction of sp³-hybridized carbons (Fsp3) is 0.583. The number of rotatable bonds is 6. The Bertz CT molecular complexity index is 372. The Hall–Kier alpha value is -1.29. The van der Waals surface area contributed by atoms with E-state index < -0.39 is 5.97 Å². The number of carboxylic acid groups (broad SMARTS) is 1. The van der Waals surface area contributed by atoms with E-state index in [0.717, 1.165) is 11.5 Å². The lowest BCUT2D eigenvalue weighted by molar-refractivity contribution is 0.0660. The first-order valence-corrected chi connectivity index (χ1v) is 5.75. The van der Waals surface area contributed by atoms with Gasteiger partial charge >= 0.3 is 5.97 Å². The minimum absolute atomic E-state index is 0.0557. The molecule has 0 aliphatic heterocycles. The van der Waals surface area contributed by atoms with Gasteiger partial charge in [-0.25, -0.2) is 4.79 Å². The van der Waals surface area contributed by atoms with Crippen molar-refractivity contribution >= 4 is 5.97 Å². The Morgan fingerprint density at radius 3 is 3.19 bits per heavy atom. The maximum Gasteiger partial charge on any atom is 0.372 e. The van der Waals surface area contributed by atoms with Gasteiger partial charge in [0.1, 0.15) is 0 Å². The molecule has 1 aromatic heterocycles. The minimum atomic E-state index is -0.997. The van der Waals surface area contributed by atoms with Crippen LogP contribution >= 0.6 is 0 Å². The molecule has 4 nitrogen and oxygen atoms in total. The molecule has 2 rings (SSSR count). The lowest BCUT2D eigenvalue weighted by atomic mass is 10.2. The van der Waals surface area contributed by atoms with Gasteiger partial charge in [-0.15, -0.1) is 0 Å². The van der Waals surface area contributed by atoms with Gasteiger partial charge in [-0.1, -0.05) is 13.3 Å². The molecule has 0 amide bonds. The molecule has 0 saturated heterocycles. The summed E-state index contributed by atoms with van der Waals surface area (Å²) < 4.78 is 4.91. The number of hydrogen-bond donors (Lipinski definition) is 2. The summed E-state index contributed by atoms with van der Waals surface area (Å²) in [5, 5.41) is 12.2. The zero-order valence-corrected chi connectivity index (χ0v) is 9.40. The molecule has 1 aliphatic carbocycles. The molecule has 1 aromatic rings. The van der Waals surface area contributed by atoms with Gasteiger partial charge in [0.2, 0.25) is 5.76 Å². The van der Waals surface area contributed by atoms with Crippen LogP contribution in [0.4, 0.5) is 0 Å². The van der Waals surface area contributed by atoms with E-state index in [1.165, 1.54) is 25.5 Å². The molecule has 2 unspecified atom stereocenters. The minimum Gasteiger partial charge on any atom is -0.475 e. The Morgan fingerprint density at radius 1 is 1.69 bits per heavy atom. The standard InChI is InChI=1S/C12H17NO3/c1-2-3-8-6-10(8)13-7-9-4-5-16-11(9)12(14)15/h4-5,8,10,13H,2-3,6-7H2,1H3,(H,14,15). The number of carbonyl (C=O) groups is 1. The third-order valence-electron chi connectivity index (χ3n) is 3.08. The summed E-state index contributed by atoms with van der Waals surface area (Å²) >= 11 is 0. The molecule has 1 heterocycles. The highest BCUT2D eigenvalue weighted by Gasteiger charge is 2.35. The van der Waals surface area contributed by atoms with E-state index in [0.29, 0.717) is 12.6 Å². The molecular weight excluding hydrogens is 206 g/mol. The SMILES string of the molecule is CCCC1CC1NCc1ccoc1C(=O)O. The van der Waals surface area contributed by atoms with E-state index in [2.05, 4.69) is 12.2 Å². The van der Waals surface area contributed by atoms with Gasteiger partial charge < -0.3 is 14.8 Å². The Morgan fingerprint density at radius 2 is 2.50 bits per heavy atom. The number of hydrogen-bond acceptors (Lipinski definition) is 3. The van der Waals surface area contributed by atoms with Crippen molar-refractivity contribution in [3.63, 3.8) is 0 Å². The largest absolute Gasteiger partial charge is 0.475 e. The van der Waals surface area contributed by atoms with Crippen molar-refractivity contribution in [3.8, 4) is 0 Å². The van der Waals surface area contributed by atoms with Crippen LogP contribution in [0.3, 0.4) is 0 Å². The molecular formula is C12H17NO3. The van der Waals surface area contributed by atoms with Gasteiger partial charge in [-0.05, 0) is 24.8 Å². The fourth-order valence-corrected chi connectivity index (χ4v) is 2.09. The molecule has 0 radical (unpaired) electrons. The first kappa shape index (κ1) is 11.2. The van der Waals surface area contributed by atoms with Crippen LogP contribution in [0.5, 0.6) is 0 Å². The second-order valence-corrected chi connectivity index (χ2v) is 4.35. The predicted octanol–water partition coefficient (Wildman–Crippen LogP) is 2.26. The Labute approximate surface area is 94.6 Å². The van der Waals surface area contributed by atoms with Crippen LogP contribution in [-0.4, -0.2) is 17.1 Å². The fourth-order valence-electron chi connectivity index (χ4n) is 2.09. The smallest absolute Gasteiger partial charge is 0.372 e. The summed E-state index contributed by atoms with van der Waals surface area (Å²) in [4.78, 5) is 10.8. The quantitative estimate of drug-likeness (QED) is 0.776. The van der Waals surface area contributed by atoms with Crippen LogP contribution in [0.25, 0.3) is 0 Å². The van der Waals surface area contributed by atoms with Gasteiger partial charge in [-0.3, -0.25) is 0 Å². The maximum absolute atomic E-state index is 10.8. The first-order valence-electron chi connectivity index (χ1n) is 5.75. The summed E-state index contributed by atoms with van der Waals surface area (Å²) in [5.74, 6) is -0.159. The molecule has 0 spiro atoms. The summed E-state index contributed by atoms with van der Waals surface area (Å²) in [5.41, 5.74) is 0.731. The van der Waals surface area contributed by atoms with Crippen molar-refractivity contribution in [2.75, 3.05) is 0 Å². The molecule has 2 N–H and O–H groups in total. The van der Waals surface area contributed by atoms with E-state index in [9.17, 15) is 4.79 Å². The summed E-state index contributed by atoms with van der Waals surface area (Å²) in [6, 6.07) is 2.28. The zero-order chi connectivity index (χ0) is 11.5. The molecule has 88 valence electrons. The predicted molar refractivity (Wildman–Crippen MR) is 59.3 cm³/mol. The molecule has 1 saturated carbocycles. The highest BCUT2D eigenvalue weighted by atomic mass is 16.4. The van der Waals surface area contributed by atoms with E-state index in [4.69, 9.17) is 9.52 Å². The highest BCUT2D eigenvalue weighted by molar-refractivity contribution is 5.86. The Balaban J connectivity index is 1.82. The van der Waals surface area contributed by atoms with Crippen molar-refractivity contribution in [3.05, 3.63) is 23.7 Å². The molecule has 16 heavy (non-hydrogen) atoms. The number of furan rings is 1. The normalized spacial score (nSPS) is 23.3. The molecule has 1 aliphatic rings. The van der Waals surface area contributed by atoms with Gasteiger partial charge in [0.15, 0.2) is 0 Å². The van der Waals surface area contributed by atoms with E-state index >= 15 is 0 Å². The average molecular weight is 223 g/mol. The van der Waals surface area contributed by atoms with Crippen molar-refractivity contribution in [2.45, 2.75) is 38.8 Å². The zero-order valence-electron chi connectivity index (χ0n) is 9.40. The summed E-state index contributed by atoms with van der Waals surface area (Å²) in [6.45, 7) is 2.77. The Kier molecular flexibility index (Phi) is 3.29. The number of aromatic carboxylic acids is 1. The summed E-state index contributed by atoms with van der Waals surface area (Å²) in [7, 11) is 0. The van der Waals surface area contributed by atoms with E-state index in [-0.39, 0.29) is 5.76 Å². The van der Waals surface area contributed by atoms with Crippen molar-refractivity contribution in [2.24, 2.45) is 5.92 Å². The van der Waals surface area contributed by atoms with Crippen LogP contribution in [0.2, 0.25) is 0 Å². The second kappa shape index (κ2) is 4.70. The van der Waals surface area contributed by atoms with Crippen LogP contribution in [0.15, 0.2) is 16.7 Å². The monoisotopic (exact) mass is 223 g/mol. The molecule has 0 aromatic carbocycles. The van der Waals surface area contributed by atoms with Crippen molar-refractivity contribution in [1.29, 1.82) is 0 Å². The van der Waals surface area contributed by atoms with E-state index in [1.807, 2.05) is 0 Å². The highest BCUT2D eigenvalue weighted by Crippen LogP contribution is 2.34. The lowest BCUT2D eigenvalue weighted by Gasteiger charge is -2.02. The average Bonchev–Trinajstić information content (AvgIpc) is 2.80. The van der Waals surface area contributed by atoms with Gasteiger partial charge in [0.05, 0.1) is 6.26 Å². The first-order chi connectivity index (χ1) is 7.72. The van der Waals surface area contributed by atoms with Crippen LogP contribution in [0.1, 0.15) is 42.3 Å². The molecule has 0 bridgehead atoms. The van der Waals surface area contributed by atoms with E-state index in [1.54, 1.807) is 6.07 Å². The molecule has 1 fully saturated rings. The number of carboxylic acids is 1. The second-order valence-electron chi connectivity index (χ2n) is 4.35. The molecule has 2 atom stereocenters.